The zero-order chi connectivity index (χ0) is 12.3. The first-order chi connectivity index (χ1) is 8.15. The highest BCUT2D eigenvalue weighted by Crippen LogP contribution is 2.09. The Morgan fingerprint density at radius 3 is 2.59 bits per heavy atom. The van der Waals surface area contributed by atoms with Crippen molar-refractivity contribution in [2.75, 3.05) is 5.32 Å². The lowest BCUT2D eigenvalue weighted by Crippen LogP contribution is -2.13. The highest BCUT2D eigenvalue weighted by molar-refractivity contribution is 9.10. The largest absolute Gasteiger partial charge is 0.307 e. The maximum absolute atomic E-state index is 12.6. The summed E-state index contributed by atoms with van der Waals surface area (Å²) in [6, 6.07) is 5.89. The second-order valence-corrected chi connectivity index (χ2v) is 4.00. The van der Waals surface area contributed by atoms with Crippen LogP contribution in [-0.2, 0) is 0 Å². The standard InChI is InChI=1S/C11H7BrFN3O/c12-9-3-1-7(5-14-9)11(17)16-10-4-2-8(13)6-15-10/h1-6H,(H,15,16,17). The van der Waals surface area contributed by atoms with Gasteiger partial charge in [0.05, 0.1) is 11.8 Å². The summed E-state index contributed by atoms with van der Waals surface area (Å²) in [6.45, 7) is 0. The predicted molar refractivity (Wildman–Crippen MR) is 64.1 cm³/mol. The van der Waals surface area contributed by atoms with E-state index in [2.05, 4.69) is 31.2 Å². The molecule has 0 aliphatic carbocycles. The van der Waals surface area contributed by atoms with Crippen molar-refractivity contribution in [3.63, 3.8) is 0 Å². The predicted octanol–water partition coefficient (Wildman–Crippen LogP) is 2.63. The first-order valence-corrected chi connectivity index (χ1v) is 5.49. The smallest absolute Gasteiger partial charge is 0.258 e. The van der Waals surface area contributed by atoms with E-state index in [0.717, 1.165) is 6.20 Å². The molecular formula is C11H7BrFN3O. The van der Waals surface area contributed by atoms with E-state index in [1.807, 2.05) is 0 Å². The number of nitrogens with zero attached hydrogens (tertiary/aromatic N) is 2. The van der Waals surface area contributed by atoms with Gasteiger partial charge in [-0.05, 0) is 40.2 Å². The van der Waals surface area contributed by atoms with Gasteiger partial charge in [-0.15, -0.1) is 0 Å². The molecule has 0 radical (unpaired) electrons. The highest BCUT2D eigenvalue weighted by Gasteiger charge is 2.06. The van der Waals surface area contributed by atoms with Crippen LogP contribution in [0.5, 0.6) is 0 Å². The summed E-state index contributed by atoms with van der Waals surface area (Å²) in [5, 5.41) is 2.53. The van der Waals surface area contributed by atoms with Crippen molar-refractivity contribution in [3.05, 3.63) is 52.6 Å². The summed E-state index contributed by atoms with van der Waals surface area (Å²) in [5.41, 5.74) is 0.402. The Morgan fingerprint density at radius 1 is 1.18 bits per heavy atom. The van der Waals surface area contributed by atoms with Gasteiger partial charge in [-0.25, -0.2) is 14.4 Å². The molecule has 2 aromatic heterocycles. The summed E-state index contributed by atoms with van der Waals surface area (Å²) >= 11 is 3.17. The molecule has 0 aromatic carbocycles. The van der Waals surface area contributed by atoms with Crippen molar-refractivity contribution in [3.8, 4) is 0 Å². The summed E-state index contributed by atoms with van der Waals surface area (Å²) in [4.78, 5) is 19.4. The Labute approximate surface area is 105 Å². The molecule has 0 atom stereocenters. The second-order valence-electron chi connectivity index (χ2n) is 3.19. The van der Waals surface area contributed by atoms with Gasteiger partial charge in [0.2, 0.25) is 0 Å². The summed E-state index contributed by atoms with van der Waals surface area (Å²) in [6.07, 6.45) is 2.47. The van der Waals surface area contributed by atoms with Gasteiger partial charge in [0.15, 0.2) is 0 Å². The van der Waals surface area contributed by atoms with E-state index >= 15 is 0 Å². The molecule has 2 aromatic rings. The van der Waals surface area contributed by atoms with E-state index < -0.39 is 5.82 Å². The van der Waals surface area contributed by atoms with Gasteiger partial charge in [0.1, 0.15) is 16.2 Å². The average molecular weight is 296 g/mol. The van der Waals surface area contributed by atoms with Crippen molar-refractivity contribution in [2.45, 2.75) is 0 Å². The number of hydrogen-bond acceptors (Lipinski definition) is 3. The van der Waals surface area contributed by atoms with Gasteiger partial charge < -0.3 is 5.32 Å². The van der Waals surface area contributed by atoms with E-state index in [4.69, 9.17) is 0 Å². The number of hydrogen-bond donors (Lipinski definition) is 1. The molecule has 4 nitrogen and oxygen atoms in total. The topological polar surface area (TPSA) is 54.9 Å². The van der Waals surface area contributed by atoms with Crippen LogP contribution in [-0.4, -0.2) is 15.9 Å². The van der Waals surface area contributed by atoms with Crippen LogP contribution in [0.3, 0.4) is 0 Å². The Bertz CT molecular complexity index is 527. The SMILES string of the molecule is O=C(Nc1ccc(F)cn1)c1ccc(Br)nc1. The molecule has 17 heavy (non-hydrogen) atoms. The molecule has 0 bridgehead atoms. The molecular weight excluding hydrogens is 289 g/mol. The molecule has 0 saturated carbocycles. The lowest BCUT2D eigenvalue weighted by molar-refractivity contribution is 0.102. The van der Waals surface area contributed by atoms with Gasteiger partial charge in [-0.3, -0.25) is 4.79 Å². The fourth-order valence-electron chi connectivity index (χ4n) is 1.15. The van der Waals surface area contributed by atoms with Gasteiger partial charge in [0, 0.05) is 6.20 Å². The molecule has 0 aliphatic rings. The van der Waals surface area contributed by atoms with Crippen LogP contribution < -0.4 is 5.32 Å². The molecule has 0 spiro atoms. The first kappa shape index (κ1) is 11.7. The zero-order valence-electron chi connectivity index (χ0n) is 8.52. The number of carbonyl (C=O) groups is 1. The Kier molecular flexibility index (Phi) is 3.43. The van der Waals surface area contributed by atoms with Crippen molar-refractivity contribution in [1.29, 1.82) is 0 Å². The third-order valence-electron chi connectivity index (χ3n) is 1.96. The van der Waals surface area contributed by atoms with Gasteiger partial charge in [-0.2, -0.15) is 0 Å². The summed E-state index contributed by atoms with van der Waals surface area (Å²) in [5.74, 6) is -0.503. The normalized spacial score (nSPS) is 10.0. The van der Waals surface area contributed by atoms with E-state index in [1.54, 1.807) is 12.1 Å². The molecule has 86 valence electrons. The van der Waals surface area contributed by atoms with Crippen LogP contribution >= 0.6 is 15.9 Å². The Morgan fingerprint density at radius 2 is 2.00 bits per heavy atom. The number of halogens is 2. The third-order valence-corrected chi connectivity index (χ3v) is 2.43. The van der Waals surface area contributed by atoms with Gasteiger partial charge in [-0.1, -0.05) is 0 Å². The Hall–Kier alpha value is -1.82. The second kappa shape index (κ2) is 5.01. The van der Waals surface area contributed by atoms with Crippen molar-refractivity contribution >= 4 is 27.7 Å². The Balaban J connectivity index is 2.11. The monoisotopic (exact) mass is 295 g/mol. The number of pyridine rings is 2. The van der Waals surface area contributed by atoms with Crippen molar-refractivity contribution in [2.24, 2.45) is 0 Å². The molecule has 1 amide bonds. The van der Waals surface area contributed by atoms with Crippen LogP contribution in [0.2, 0.25) is 0 Å². The van der Waals surface area contributed by atoms with Crippen LogP contribution in [0.25, 0.3) is 0 Å². The lowest BCUT2D eigenvalue weighted by Gasteiger charge is -2.03. The minimum Gasteiger partial charge on any atom is -0.307 e. The van der Waals surface area contributed by atoms with Crippen LogP contribution in [0.15, 0.2) is 41.3 Å². The van der Waals surface area contributed by atoms with Crippen molar-refractivity contribution in [1.82, 2.24) is 9.97 Å². The van der Waals surface area contributed by atoms with Gasteiger partial charge in [0.25, 0.3) is 5.91 Å². The summed E-state index contributed by atoms with van der Waals surface area (Å²) in [7, 11) is 0. The van der Waals surface area contributed by atoms with E-state index in [1.165, 1.54) is 18.3 Å². The number of rotatable bonds is 2. The van der Waals surface area contributed by atoms with Crippen molar-refractivity contribution < 1.29 is 9.18 Å². The molecule has 2 heterocycles. The minimum absolute atomic E-state index is 0.291. The first-order valence-electron chi connectivity index (χ1n) is 4.69. The zero-order valence-corrected chi connectivity index (χ0v) is 10.1. The molecule has 0 fully saturated rings. The summed E-state index contributed by atoms with van der Waals surface area (Å²) < 4.78 is 13.2. The quantitative estimate of drug-likeness (QED) is 0.867. The highest BCUT2D eigenvalue weighted by atomic mass is 79.9. The van der Waals surface area contributed by atoms with E-state index in [9.17, 15) is 9.18 Å². The van der Waals surface area contributed by atoms with E-state index in [-0.39, 0.29) is 5.91 Å². The molecule has 0 unspecified atom stereocenters. The fourth-order valence-corrected chi connectivity index (χ4v) is 1.38. The van der Waals surface area contributed by atoms with Crippen LogP contribution in [0.1, 0.15) is 10.4 Å². The maximum Gasteiger partial charge on any atom is 0.258 e. The maximum atomic E-state index is 12.6. The lowest BCUT2D eigenvalue weighted by atomic mass is 10.3. The van der Waals surface area contributed by atoms with Gasteiger partial charge >= 0.3 is 0 Å². The fraction of sp³-hybridized carbons (Fsp3) is 0. The molecule has 0 aliphatic heterocycles. The van der Waals surface area contributed by atoms with Crippen LogP contribution in [0.4, 0.5) is 10.2 Å². The molecule has 1 N–H and O–H groups in total. The number of amides is 1. The molecule has 0 saturated heterocycles. The third kappa shape index (κ3) is 3.07. The average Bonchev–Trinajstić information content (AvgIpc) is 2.33. The van der Waals surface area contributed by atoms with Crippen LogP contribution in [0, 0.1) is 5.82 Å². The number of carbonyl (C=O) groups excluding carboxylic acids is 1. The molecule has 2 rings (SSSR count). The number of anilines is 1. The number of aromatic nitrogens is 2. The number of nitrogens with one attached hydrogen (secondary N) is 1. The minimum atomic E-state index is -0.451. The van der Waals surface area contributed by atoms with E-state index in [0.29, 0.717) is 16.0 Å². The molecule has 6 heteroatoms.